The van der Waals surface area contributed by atoms with E-state index in [1.54, 1.807) is 42.6 Å². The molecule has 3 rings (SSSR count). The number of para-hydroxylation sites is 1. The number of nitrogens with one attached hydrogen (secondary N) is 2. The van der Waals surface area contributed by atoms with Gasteiger partial charge in [-0.25, -0.2) is 9.78 Å². The van der Waals surface area contributed by atoms with Gasteiger partial charge in [-0.3, -0.25) is 4.79 Å². The van der Waals surface area contributed by atoms with Gasteiger partial charge in [0.05, 0.1) is 27.0 Å². The van der Waals surface area contributed by atoms with Crippen molar-refractivity contribution in [3.8, 4) is 10.4 Å². The Morgan fingerprint density at radius 2 is 1.81 bits per heavy atom. The number of aliphatic carboxylic acids is 1. The van der Waals surface area contributed by atoms with Gasteiger partial charge >= 0.3 is 12.0 Å². The number of aromatic nitrogens is 1. The van der Waals surface area contributed by atoms with Gasteiger partial charge in [-0.1, -0.05) is 35.9 Å². The molecule has 3 N–H and O–H groups in total. The van der Waals surface area contributed by atoms with Gasteiger partial charge < -0.3 is 15.7 Å². The Bertz CT molecular complexity index is 957. The van der Waals surface area contributed by atoms with Crippen LogP contribution in [0.25, 0.3) is 10.4 Å². The van der Waals surface area contributed by atoms with Crippen LogP contribution in [0.4, 0.5) is 16.2 Å². The van der Waals surface area contributed by atoms with Crippen LogP contribution in [0.5, 0.6) is 0 Å². The maximum atomic E-state index is 12.1. The Morgan fingerprint density at radius 1 is 1.07 bits per heavy atom. The lowest BCUT2D eigenvalue weighted by Crippen LogP contribution is -2.19. The predicted octanol–water partition coefficient (Wildman–Crippen LogP) is 5.12. The third kappa shape index (κ3) is 5.29. The van der Waals surface area contributed by atoms with Crippen LogP contribution in [0, 0.1) is 0 Å². The number of thiazole rings is 1. The minimum absolute atomic E-state index is 0.0658. The first-order valence-corrected chi connectivity index (χ1v) is 9.30. The molecule has 27 heavy (non-hydrogen) atoms. The number of rotatable bonds is 6. The van der Waals surface area contributed by atoms with Gasteiger partial charge in [0.25, 0.3) is 0 Å². The van der Waals surface area contributed by atoms with Gasteiger partial charge in [-0.2, -0.15) is 0 Å². The smallest absolute Gasteiger partial charge is 0.323 e. The maximum absolute atomic E-state index is 12.1. The van der Waals surface area contributed by atoms with Crippen molar-refractivity contribution in [3.63, 3.8) is 0 Å². The van der Waals surface area contributed by atoms with Crippen molar-refractivity contribution in [1.29, 1.82) is 0 Å². The average Bonchev–Trinajstić information content (AvgIpc) is 3.11. The van der Waals surface area contributed by atoms with Crippen LogP contribution in [0.2, 0.25) is 5.02 Å². The maximum Gasteiger partial charge on any atom is 0.323 e. The molecule has 0 aliphatic rings. The highest BCUT2D eigenvalue weighted by Gasteiger charge is 2.08. The molecule has 1 aromatic heterocycles. The summed E-state index contributed by atoms with van der Waals surface area (Å²) in [6.07, 6.45) is 2.21. The van der Waals surface area contributed by atoms with Crippen molar-refractivity contribution in [3.05, 3.63) is 64.8 Å². The highest BCUT2D eigenvalue weighted by molar-refractivity contribution is 7.15. The lowest BCUT2D eigenvalue weighted by atomic mass is 10.2. The van der Waals surface area contributed by atoms with E-state index in [1.807, 2.05) is 12.1 Å². The Balaban J connectivity index is 1.61. The summed E-state index contributed by atoms with van der Waals surface area (Å²) < 4.78 is 0. The number of halogens is 1. The summed E-state index contributed by atoms with van der Waals surface area (Å²) in [5.41, 5.74) is 2.12. The fraction of sp³-hybridized carbons (Fsp3) is 0.105. The number of urea groups is 1. The summed E-state index contributed by atoms with van der Waals surface area (Å²) in [7, 11) is 0. The van der Waals surface area contributed by atoms with Crippen molar-refractivity contribution in [2.75, 3.05) is 10.6 Å². The molecular formula is C19H16ClN3O3S. The SMILES string of the molecule is O=C(O)CCc1ncc(-c2ccc(NC(=O)Nc3ccccc3Cl)cc2)s1. The third-order valence-electron chi connectivity index (χ3n) is 3.66. The molecule has 0 unspecified atom stereocenters. The normalized spacial score (nSPS) is 10.4. The molecule has 0 aliphatic heterocycles. The summed E-state index contributed by atoms with van der Waals surface area (Å²) in [6, 6.07) is 13.9. The quantitative estimate of drug-likeness (QED) is 0.534. The van der Waals surface area contributed by atoms with E-state index >= 15 is 0 Å². The van der Waals surface area contributed by atoms with Crippen LogP contribution in [0.1, 0.15) is 11.4 Å². The van der Waals surface area contributed by atoms with Gasteiger partial charge in [0, 0.05) is 18.3 Å². The van der Waals surface area contributed by atoms with Crippen LogP contribution in [-0.4, -0.2) is 22.1 Å². The first kappa shape index (κ1) is 18.9. The zero-order valence-electron chi connectivity index (χ0n) is 14.1. The number of carboxylic acid groups (broad SMARTS) is 1. The predicted molar refractivity (Wildman–Crippen MR) is 108 cm³/mol. The van der Waals surface area contributed by atoms with Crippen LogP contribution < -0.4 is 10.6 Å². The number of benzene rings is 2. The van der Waals surface area contributed by atoms with Gasteiger partial charge in [0.15, 0.2) is 0 Å². The van der Waals surface area contributed by atoms with Gasteiger partial charge in [-0.05, 0) is 29.8 Å². The number of hydrogen-bond acceptors (Lipinski definition) is 4. The molecule has 6 nitrogen and oxygen atoms in total. The standard InChI is InChI=1S/C19H16ClN3O3S/c20-14-3-1-2-4-15(14)23-19(26)22-13-7-5-12(6-8-13)16-11-21-17(27-16)9-10-18(24)25/h1-8,11H,9-10H2,(H,24,25)(H2,22,23,26). The Hall–Kier alpha value is -2.90. The molecule has 0 aliphatic carbocycles. The largest absolute Gasteiger partial charge is 0.481 e. The number of amides is 2. The fourth-order valence-corrected chi connectivity index (χ4v) is 3.44. The molecule has 1 heterocycles. The van der Waals surface area contributed by atoms with E-state index in [0.29, 0.717) is 22.8 Å². The van der Waals surface area contributed by atoms with E-state index in [9.17, 15) is 9.59 Å². The number of aryl methyl sites for hydroxylation is 1. The first-order valence-electron chi connectivity index (χ1n) is 8.11. The second-order valence-corrected chi connectivity index (χ2v) is 7.17. The number of carbonyl (C=O) groups excluding carboxylic acids is 1. The minimum atomic E-state index is -0.836. The Kier molecular flexibility index (Phi) is 6.05. The second-order valence-electron chi connectivity index (χ2n) is 5.65. The van der Waals surface area contributed by atoms with E-state index in [-0.39, 0.29) is 12.5 Å². The third-order valence-corrected chi connectivity index (χ3v) is 5.09. The molecule has 0 spiro atoms. The lowest BCUT2D eigenvalue weighted by Gasteiger charge is -2.09. The number of carboxylic acids is 1. The minimum Gasteiger partial charge on any atom is -0.481 e. The number of nitrogens with zero attached hydrogens (tertiary/aromatic N) is 1. The fourth-order valence-electron chi connectivity index (χ4n) is 2.34. The highest BCUT2D eigenvalue weighted by Crippen LogP contribution is 2.28. The molecule has 3 aromatic rings. The Morgan fingerprint density at radius 3 is 2.52 bits per heavy atom. The van der Waals surface area contributed by atoms with Gasteiger partial charge in [0.1, 0.15) is 0 Å². The van der Waals surface area contributed by atoms with Crippen LogP contribution in [0.3, 0.4) is 0 Å². The molecule has 0 atom stereocenters. The van der Waals surface area contributed by atoms with E-state index in [0.717, 1.165) is 15.4 Å². The number of carbonyl (C=O) groups is 2. The Labute approximate surface area is 164 Å². The molecule has 138 valence electrons. The van der Waals surface area contributed by atoms with Crippen LogP contribution in [-0.2, 0) is 11.2 Å². The van der Waals surface area contributed by atoms with E-state index in [4.69, 9.17) is 16.7 Å². The molecule has 2 amide bonds. The van der Waals surface area contributed by atoms with Crippen LogP contribution in [0.15, 0.2) is 54.7 Å². The van der Waals surface area contributed by atoms with Crippen molar-refractivity contribution in [1.82, 2.24) is 4.98 Å². The number of anilines is 2. The van der Waals surface area contributed by atoms with Gasteiger partial charge in [0.2, 0.25) is 0 Å². The van der Waals surface area contributed by atoms with Gasteiger partial charge in [-0.15, -0.1) is 11.3 Å². The van der Waals surface area contributed by atoms with Crippen molar-refractivity contribution in [2.24, 2.45) is 0 Å². The van der Waals surface area contributed by atoms with E-state index < -0.39 is 5.97 Å². The second kappa shape index (κ2) is 8.66. The van der Waals surface area contributed by atoms with Crippen LogP contribution >= 0.6 is 22.9 Å². The van der Waals surface area contributed by atoms with Crippen molar-refractivity contribution < 1.29 is 14.7 Å². The zero-order valence-corrected chi connectivity index (χ0v) is 15.7. The molecule has 2 aromatic carbocycles. The summed E-state index contributed by atoms with van der Waals surface area (Å²) in [4.78, 5) is 27.9. The molecule has 0 bridgehead atoms. The average molecular weight is 402 g/mol. The molecule has 0 saturated carbocycles. The summed E-state index contributed by atoms with van der Waals surface area (Å²) in [5.74, 6) is -0.836. The summed E-state index contributed by atoms with van der Waals surface area (Å²) in [5, 5.41) is 15.4. The first-order chi connectivity index (χ1) is 13.0. The topological polar surface area (TPSA) is 91.3 Å². The molecule has 0 radical (unpaired) electrons. The van der Waals surface area contributed by atoms with E-state index in [1.165, 1.54) is 11.3 Å². The van der Waals surface area contributed by atoms with Crippen molar-refractivity contribution >= 4 is 46.3 Å². The summed E-state index contributed by atoms with van der Waals surface area (Å²) >= 11 is 7.48. The molecular weight excluding hydrogens is 386 g/mol. The monoisotopic (exact) mass is 401 g/mol. The number of hydrogen-bond donors (Lipinski definition) is 3. The molecule has 0 fully saturated rings. The highest BCUT2D eigenvalue weighted by atomic mass is 35.5. The van der Waals surface area contributed by atoms with Crippen molar-refractivity contribution in [2.45, 2.75) is 12.8 Å². The lowest BCUT2D eigenvalue weighted by molar-refractivity contribution is -0.136. The molecule has 8 heteroatoms. The zero-order chi connectivity index (χ0) is 19.2. The van der Waals surface area contributed by atoms with E-state index in [2.05, 4.69) is 15.6 Å². The molecule has 0 saturated heterocycles. The summed E-state index contributed by atoms with van der Waals surface area (Å²) in [6.45, 7) is 0.